The Kier molecular flexibility index (Phi) is 3.32. The Bertz CT molecular complexity index is 661. The molecule has 0 radical (unpaired) electrons. The quantitative estimate of drug-likeness (QED) is 0.867. The van der Waals surface area contributed by atoms with Gasteiger partial charge in [-0.1, -0.05) is 41.5 Å². The van der Waals surface area contributed by atoms with E-state index in [-0.39, 0.29) is 5.41 Å². The van der Waals surface area contributed by atoms with Crippen LogP contribution >= 0.6 is 0 Å². The minimum atomic E-state index is -0.259. The molecule has 2 nitrogen and oxygen atoms in total. The summed E-state index contributed by atoms with van der Waals surface area (Å²) in [7, 11) is 0. The third-order valence-corrected chi connectivity index (χ3v) is 4.39. The summed E-state index contributed by atoms with van der Waals surface area (Å²) in [6.07, 6.45) is 2.44. The Morgan fingerprint density at radius 1 is 1.05 bits per heavy atom. The summed E-state index contributed by atoms with van der Waals surface area (Å²) in [4.78, 5) is 12.8. The number of carbonyl (C=O) groups is 1. The molecule has 1 saturated carbocycles. The monoisotopic (exact) mass is 279 g/mol. The molecule has 2 aromatic rings. The molecular weight excluding hydrogens is 258 g/mol. The average Bonchev–Trinajstić information content (AvgIpc) is 3.19. The third-order valence-electron chi connectivity index (χ3n) is 4.39. The molecule has 2 aromatic carbocycles. The number of rotatable bonds is 4. The largest absolute Gasteiger partial charge is 0.399 e. The third kappa shape index (κ3) is 2.71. The van der Waals surface area contributed by atoms with Crippen molar-refractivity contribution in [2.24, 2.45) is 0 Å². The SMILES string of the molecule is Cc1cc(C)cc(CC(=O)C2(c3ccc(N)cc3)CC2)c1. The number of hydrogen-bond acceptors (Lipinski definition) is 2. The van der Waals surface area contributed by atoms with Crippen LogP contribution in [0.15, 0.2) is 42.5 Å². The topological polar surface area (TPSA) is 43.1 Å². The number of ketones is 1. The van der Waals surface area contributed by atoms with Gasteiger partial charge in [-0.15, -0.1) is 0 Å². The average molecular weight is 279 g/mol. The molecule has 108 valence electrons. The van der Waals surface area contributed by atoms with Gasteiger partial charge >= 0.3 is 0 Å². The second-order valence-corrected chi connectivity index (χ2v) is 6.30. The van der Waals surface area contributed by atoms with Gasteiger partial charge in [0.2, 0.25) is 0 Å². The van der Waals surface area contributed by atoms with Crippen molar-refractivity contribution in [2.75, 3.05) is 5.73 Å². The molecule has 0 aromatic heterocycles. The molecule has 0 aliphatic heterocycles. The van der Waals surface area contributed by atoms with Gasteiger partial charge in [0, 0.05) is 12.1 Å². The molecule has 21 heavy (non-hydrogen) atoms. The summed E-state index contributed by atoms with van der Waals surface area (Å²) in [5.41, 5.74) is 10.9. The van der Waals surface area contributed by atoms with Crippen LogP contribution < -0.4 is 5.73 Å². The van der Waals surface area contributed by atoms with Crippen molar-refractivity contribution >= 4 is 11.5 Å². The Hall–Kier alpha value is -2.09. The van der Waals surface area contributed by atoms with E-state index in [4.69, 9.17) is 5.73 Å². The second kappa shape index (κ2) is 5.03. The van der Waals surface area contributed by atoms with Crippen LogP contribution in [0.25, 0.3) is 0 Å². The predicted octanol–water partition coefficient (Wildman–Crippen LogP) is 3.73. The normalized spacial score (nSPS) is 15.7. The van der Waals surface area contributed by atoms with Crippen LogP contribution in [0.5, 0.6) is 0 Å². The van der Waals surface area contributed by atoms with E-state index in [1.807, 2.05) is 24.3 Å². The van der Waals surface area contributed by atoms with E-state index < -0.39 is 0 Å². The van der Waals surface area contributed by atoms with Crippen molar-refractivity contribution in [1.82, 2.24) is 0 Å². The van der Waals surface area contributed by atoms with Crippen molar-refractivity contribution in [3.05, 3.63) is 64.7 Å². The molecule has 2 heteroatoms. The lowest BCUT2D eigenvalue weighted by Crippen LogP contribution is -2.22. The van der Waals surface area contributed by atoms with Gasteiger partial charge in [-0.3, -0.25) is 4.79 Å². The minimum Gasteiger partial charge on any atom is -0.399 e. The van der Waals surface area contributed by atoms with E-state index in [0.717, 1.165) is 29.7 Å². The fourth-order valence-electron chi connectivity index (χ4n) is 3.18. The molecule has 1 aliphatic carbocycles. The van der Waals surface area contributed by atoms with Gasteiger partial charge < -0.3 is 5.73 Å². The highest BCUT2D eigenvalue weighted by Gasteiger charge is 2.50. The minimum absolute atomic E-state index is 0.259. The fourth-order valence-corrected chi connectivity index (χ4v) is 3.18. The number of hydrogen-bond donors (Lipinski definition) is 1. The molecule has 1 aliphatic rings. The van der Waals surface area contributed by atoms with Gasteiger partial charge in [0.05, 0.1) is 5.41 Å². The Labute approximate surface area is 126 Å². The van der Waals surface area contributed by atoms with Crippen molar-refractivity contribution in [1.29, 1.82) is 0 Å². The lowest BCUT2D eigenvalue weighted by Gasteiger charge is -2.15. The zero-order valence-corrected chi connectivity index (χ0v) is 12.6. The zero-order valence-electron chi connectivity index (χ0n) is 12.6. The summed E-state index contributed by atoms with van der Waals surface area (Å²) >= 11 is 0. The maximum absolute atomic E-state index is 12.8. The van der Waals surface area contributed by atoms with E-state index >= 15 is 0 Å². The molecule has 1 fully saturated rings. The molecule has 0 amide bonds. The summed E-state index contributed by atoms with van der Waals surface area (Å²) < 4.78 is 0. The molecule has 0 atom stereocenters. The van der Waals surface area contributed by atoms with E-state index in [1.54, 1.807) is 0 Å². The van der Waals surface area contributed by atoms with Crippen LogP contribution in [0, 0.1) is 13.8 Å². The first-order valence-electron chi connectivity index (χ1n) is 7.46. The lowest BCUT2D eigenvalue weighted by atomic mass is 9.87. The van der Waals surface area contributed by atoms with E-state index in [9.17, 15) is 4.79 Å². The summed E-state index contributed by atoms with van der Waals surface area (Å²) in [6, 6.07) is 14.2. The molecule has 0 bridgehead atoms. The summed E-state index contributed by atoms with van der Waals surface area (Å²) in [5, 5.41) is 0. The van der Waals surface area contributed by atoms with Crippen molar-refractivity contribution < 1.29 is 4.79 Å². The number of nitrogens with two attached hydrogens (primary N) is 1. The first kappa shape index (κ1) is 13.9. The molecule has 3 rings (SSSR count). The Morgan fingerprint density at radius 2 is 1.62 bits per heavy atom. The Morgan fingerprint density at radius 3 is 2.14 bits per heavy atom. The summed E-state index contributed by atoms with van der Waals surface area (Å²) in [6.45, 7) is 4.15. The van der Waals surface area contributed by atoms with E-state index in [1.165, 1.54) is 11.1 Å². The van der Waals surface area contributed by atoms with Crippen LogP contribution in [0.1, 0.15) is 35.1 Å². The molecule has 0 heterocycles. The molecular formula is C19H21NO. The predicted molar refractivity (Wildman–Crippen MR) is 86.4 cm³/mol. The van der Waals surface area contributed by atoms with Crippen LogP contribution in [-0.2, 0) is 16.6 Å². The highest BCUT2D eigenvalue weighted by molar-refractivity contribution is 5.94. The Balaban J connectivity index is 1.83. The van der Waals surface area contributed by atoms with Crippen LogP contribution in [0.2, 0.25) is 0 Å². The van der Waals surface area contributed by atoms with Crippen molar-refractivity contribution in [2.45, 2.75) is 38.5 Å². The molecule has 0 spiro atoms. The first-order valence-corrected chi connectivity index (χ1v) is 7.46. The van der Waals surface area contributed by atoms with Crippen molar-refractivity contribution in [3.8, 4) is 0 Å². The van der Waals surface area contributed by atoms with Gasteiger partial charge in [0.15, 0.2) is 0 Å². The molecule has 0 unspecified atom stereocenters. The molecule has 0 saturated heterocycles. The van der Waals surface area contributed by atoms with Crippen LogP contribution in [0.4, 0.5) is 5.69 Å². The maximum Gasteiger partial charge on any atom is 0.147 e. The maximum atomic E-state index is 12.8. The second-order valence-electron chi connectivity index (χ2n) is 6.30. The van der Waals surface area contributed by atoms with Gasteiger partial charge in [-0.25, -0.2) is 0 Å². The number of Topliss-reactive ketones (excluding diaryl/α,β-unsaturated/α-hetero) is 1. The number of carbonyl (C=O) groups excluding carboxylic acids is 1. The van der Waals surface area contributed by atoms with Gasteiger partial charge in [0.25, 0.3) is 0 Å². The fraction of sp³-hybridized carbons (Fsp3) is 0.316. The van der Waals surface area contributed by atoms with Gasteiger partial charge in [-0.05, 0) is 49.9 Å². The number of nitrogen functional groups attached to an aromatic ring is 1. The van der Waals surface area contributed by atoms with Gasteiger partial charge in [0.1, 0.15) is 5.78 Å². The highest BCUT2D eigenvalue weighted by atomic mass is 16.1. The number of benzene rings is 2. The van der Waals surface area contributed by atoms with Crippen LogP contribution in [-0.4, -0.2) is 5.78 Å². The van der Waals surface area contributed by atoms with Gasteiger partial charge in [-0.2, -0.15) is 0 Å². The zero-order chi connectivity index (χ0) is 15.0. The molecule has 2 N–H and O–H groups in total. The smallest absolute Gasteiger partial charge is 0.147 e. The standard InChI is InChI=1S/C19H21NO/c1-13-9-14(2)11-15(10-13)12-18(21)19(7-8-19)16-3-5-17(20)6-4-16/h3-6,9-11H,7-8,12,20H2,1-2H3. The first-order chi connectivity index (χ1) is 9.99. The lowest BCUT2D eigenvalue weighted by molar-refractivity contribution is -0.120. The van der Waals surface area contributed by atoms with E-state index in [2.05, 4.69) is 32.0 Å². The van der Waals surface area contributed by atoms with Crippen molar-refractivity contribution in [3.63, 3.8) is 0 Å². The van der Waals surface area contributed by atoms with Crippen LogP contribution in [0.3, 0.4) is 0 Å². The van der Waals surface area contributed by atoms with E-state index in [0.29, 0.717) is 12.2 Å². The number of aryl methyl sites for hydroxylation is 2. The number of anilines is 1. The highest BCUT2D eigenvalue weighted by Crippen LogP contribution is 2.49. The summed E-state index contributed by atoms with van der Waals surface area (Å²) in [5.74, 6) is 0.331.